The van der Waals surface area contributed by atoms with Gasteiger partial charge in [0, 0.05) is 24.8 Å². The van der Waals surface area contributed by atoms with Gasteiger partial charge in [-0.25, -0.2) is 4.79 Å². The van der Waals surface area contributed by atoms with Gasteiger partial charge >= 0.3 is 5.97 Å². The van der Waals surface area contributed by atoms with Crippen molar-refractivity contribution in [3.05, 3.63) is 35.4 Å². The smallest absolute Gasteiger partial charge is 0.328 e. The Morgan fingerprint density at radius 1 is 1.21 bits per heavy atom. The number of carboxylic acid groups (broad SMARTS) is 1. The van der Waals surface area contributed by atoms with Crippen LogP contribution < -0.4 is 10.6 Å². The molecule has 0 atom stereocenters. The molecule has 0 saturated carbocycles. The van der Waals surface area contributed by atoms with E-state index in [0.717, 1.165) is 12.2 Å². The third-order valence-electron chi connectivity index (χ3n) is 1.92. The van der Waals surface area contributed by atoms with E-state index in [9.17, 15) is 14.4 Å². The van der Waals surface area contributed by atoms with E-state index >= 15 is 0 Å². The van der Waals surface area contributed by atoms with Gasteiger partial charge in [-0.3, -0.25) is 9.59 Å². The van der Waals surface area contributed by atoms with Crippen LogP contribution in [0.25, 0.3) is 0 Å². The topological polar surface area (TPSA) is 95.5 Å². The molecule has 0 bridgehead atoms. The SMILES string of the molecule is CC(=O)Nc1cc(NC(=O)/C=C/C(=O)O)ccc1Cl. The van der Waals surface area contributed by atoms with Gasteiger partial charge in [-0.15, -0.1) is 0 Å². The van der Waals surface area contributed by atoms with Crippen molar-refractivity contribution in [2.45, 2.75) is 6.92 Å². The molecule has 0 unspecified atom stereocenters. The molecule has 1 aromatic rings. The number of aliphatic carboxylic acids is 1. The van der Waals surface area contributed by atoms with Crippen LogP contribution in [0.1, 0.15) is 6.92 Å². The highest BCUT2D eigenvalue weighted by atomic mass is 35.5. The molecule has 2 amide bonds. The number of hydrogen-bond donors (Lipinski definition) is 3. The van der Waals surface area contributed by atoms with Crippen molar-refractivity contribution in [3.8, 4) is 0 Å². The maximum absolute atomic E-state index is 11.4. The third-order valence-corrected chi connectivity index (χ3v) is 2.25. The molecule has 100 valence electrons. The van der Waals surface area contributed by atoms with Gasteiger partial charge in [0.15, 0.2) is 0 Å². The van der Waals surface area contributed by atoms with Crippen molar-refractivity contribution < 1.29 is 19.5 Å². The van der Waals surface area contributed by atoms with Crippen molar-refractivity contribution in [2.24, 2.45) is 0 Å². The monoisotopic (exact) mass is 282 g/mol. The van der Waals surface area contributed by atoms with E-state index < -0.39 is 11.9 Å². The Labute approximate surface area is 114 Å². The van der Waals surface area contributed by atoms with Crippen LogP contribution in [0.2, 0.25) is 5.02 Å². The number of amides is 2. The molecule has 0 aliphatic heterocycles. The lowest BCUT2D eigenvalue weighted by Crippen LogP contribution is -2.10. The molecule has 0 radical (unpaired) electrons. The molecule has 0 heterocycles. The maximum atomic E-state index is 11.4. The quantitative estimate of drug-likeness (QED) is 0.735. The van der Waals surface area contributed by atoms with E-state index in [1.165, 1.54) is 25.1 Å². The number of nitrogens with one attached hydrogen (secondary N) is 2. The molecule has 7 heteroatoms. The minimum atomic E-state index is -1.22. The highest BCUT2D eigenvalue weighted by Crippen LogP contribution is 2.25. The Morgan fingerprint density at radius 2 is 1.89 bits per heavy atom. The third kappa shape index (κ3) is 5.22. The second-order valence-electron chi connectivity index (χ2n) is 3.54. The summed E-state index contributed by atoms with van der Waals surface area (Å²) in [6.45, 7) is 1.33. The van der Waals surface area contributed by atoms with Gasteiger partial charge in [0.1, 0.15) is 0 Å². The van der Waals surface area contributed by atoms with Gasteiger partial charge in [0.05, 0.1) is 10.7 Å². The lowest BCUT2D eigenvalue weighted by molar-refractivity contribution is -0.131. The summed E-state index contributed by atoms with van der Waals surface area (Å²) in [5, 5.41) is 13.6. The molecular weight excluding hydrogens is 272 g/mol. The minimum Gasteiger partial charge on any atom is -0.478 e. The number of halogens is 1. The van der Waals surface area contributed by atoms with Crippen LogP contribution in [-0.4, -0.2) is 22.9 Å². The number of carboxylic acids is 1. The first-order valence-electron chi connectivity index (χ1n) is 5.17. The summed E-state index contributed by atoms with van der Waals surface area (Å²) in [6, 6.07) is 4.50. The number of rotatable bonds is 4. The lowest BCUT2D eigenvalue weighted by atomic mass is 10.2. The first kappa shape index (κ1) is 14.7. The Morgan fingerprint density at radius 3 is 2.47 bits per heavy atom. The Kier molecular flexibility index (Phi) is 5.08. The van der Waals surface area contributed by atoms with Gasteiger partial charge in [-0.05, 0) is 18.2 Å². The number of carbonyl (C=O) groups excluding carboxylic acids is 2. The fraction of sp³-hybridized carbons (Fsp3) is 0.0833. The summed E-state index contributed by atoms with van der Waals surface area (Å²) in [5.41, 5.74) is 0.738. The van der Waals surface area contributed by atoms with Gasteiger partial charge in [-0.2, -0.15) is 0 Å². The van der Waals surface area contributed by atoms with E-state index in [2.05, 4.69) is 10.6 Å². The van der Waals surface area contributed by atoms with Crippen LogP contribution in [0, 0.1) is 0 Å². The van der Waals surface area contributed by atoms with E-state index in [4.69, 9.17) is 16.7 Å². The number of benzene rings is 1. The molecule has 3 N–H and O–H groups in total. The number of hydrogen-bond acceptors (Lipinski definition) is 3. The van der Waals surface area contributed by atoms with Crippen LogP contribution in [0.4, 0.5) is 11.4 Å². The standard InChI is InChI=1S/C12H11ClN2O4/c1-7(16)14-10-6-8(2-3-9(10)13)15-11(17)4-5-12(18)19/h2-6H,1H3,(H,14,16)(H,15,17)(H,18,19)/b5-4+. The molecule has 1 aromatic carbocycles. The van der Waals surface area contributed by atoms with Crippen LogP contribution in [0.5, 0.6) is 0 Å². The Hall–Kier alpha value is -2.34. The summed E-state index contributed by atoms with van der Waals surface area (Å²) in [4.78, 5) is 32.5. The van der Waals surface area contributed by atoms with Crippen molar-refractivity contribution in [1.29, 1.82) is 0 Å². The molecule has 0 spiro atoms. The summed E-state index contributed by atoms with van der Waals surface area (Å²) >= 11 is 5.86. The summed E-state index contributed by atoms with van der Waals surface area (Å²) in [6.07, 6.45) is 1.61. The van der Waals surface area contributed by atoms with Crippen molar-refractivity contribution in [1.82, 2.24) is 0 Å². The summed E-state index contributed by atoms with van der Waals surface area (Å²) in [5.74, 6) is -2.11. The molecule has 0 aromatic heterocycles. The molecule has 0 aliphatic rings. The molecule has 19 heavy (non-hydrogen) atoms. The zero-order valence-corrected chi connectivity index (χ0v) is 10.7. The molecule has 0 aliphatic carbocycles. The second-order valence-corrected chi connectivity index (χ2v) is 3.94. The van der Waals surface area contributed by atoms with E-state index in [1.807, 2.05) is 0 Å². The lowest BCUT2D eigenvalue weighted by Gasteiger charge is -2.08. The minimum absolute atomic E-state index is 0.295. The predicted molar refractivity (Wildman–Crippen MR) is 71.2 cm³/mol. The van der Waals surface area contributed by atoms with Crippen molar-refractivity contribution in [3.63, 3.8) is 0 Å². The normalized spacial score (nSPS) is 10.2. The van der Waals surface area contributed by atoms with Crippen molar-refractivity contribution in [2.75, 3.05) is 10.6 Å². The van der Waals surface area contributed by atoms with Gasteiger partial charge in [-0.1, -0.05) is 11.6 Å². The highest BCUT2D eigenvalue weighted by Gasteiger charge is 2.05. The molecule has 6 nitrogen and oxygen atoms in total. The summed E-state index contributed by atoms with van der Waals surface area (Å²) < 4.78 is 0. The molecule has 0 saturated heterocycles. The van der Waals surface area contributed by atoms with Crippen LogP contribution in [0.15, 0.2) is 30.4 Å². The second kappa shape index (κ2) is 6.55. The van der Waals surface area contributed by atoms with E-state index in [0.29, 0.717) is 16.4 Å². The first-order chi connectivity index (χ1) is 8.88. The van der Waals surface area contributed by atoms with Crippen molar-refractivity contribution >= 4 is 40.8 Å². The fourth-order valence-electron chi connectivity index (χ4n) is 1.22. The highest BCUT2D eigenvalue weighted by molar-refractivity contribution is 6.33. The average Bonchev–Trinajstić information content (AvgIpc) is 2.30. The molecular formula is C12H11ClN2O4. The Bertz CT molecular complexity index is 555. The van der Waals surface area contributed by atoms with E-state index in [1.54, 1.807) is 0 Å². The predicted octanol–water partition coefficient (Wildman–Crippen LogP) is 1.88. The van der Waals surface area contributed by atoms with E-state index in [-0.39, 0.29) is 5.91 Å². The number of anilines is 2. The maximum Gasteiger partial charge on any atom is 0.328 e. The van der Waals surface area contributed by atoms with Gasteiger partial charge < -0.3 is 15.7 Å². The largest absolute Gasteiger partial charge is 0.478 e. The Balaban J connectivity index is 2.82. The van der Waals surface area contributed by atoms with Crippen LogP contribution in [0.3, 0.4) is 0 Å². The number of carbonyl (C=O) groups is 3. The fourth-order valence-corrected chi connectivity index (χ4v) is 1.38. The zero-order valence-electron chi connectivity index (χ0n) is 9.94. The van der Waals surface area contributed by atoms with Gasteiger partial charge in [0.2, 0.25) is 11.8 Å². The van der Waals surface area contributed by atoms with Crippen LogP contribution >= 0.6 is 11.6 Å². The zero-order chi connectivity index (χ0) is 14.4. The molecule has 1 rings (SSSR count). The summed E-state index contributed by atoms with van der Waals surface area (Å²) in [7, 11) is 0. The molecule has 0 fully saturated rings. The average molecular weight is 283 g/mol. The first-order valence-corrected chi connectivity index (χ1v) is 5.55. The van der Waals surface area contributed by atoms with Crippen LogP contribution in [-0.2, 0) is 14.4 Å². The van der Waals surface area contributed by atoms with Gasteiger partial charge in [0.25, 0.3) is 0 Å².